The summed E-state index contributed by atoms with van der Waals surface area (Å²) in [5, 5.41) is 0. The molecule has 3 saturated heterocycles. The summed E-state index contributed by atoms with van der Waals surface area (Å²) in [6.45, 7) is 6.51. The highest BCUT2D eigenvalue weighted by Crippen LogP contribution is 2.42. The lowest BCUT2D eigenvalue weighted by Crippen LogP contribution is -2.61. The van der Waals surface area contributed by atoms with Gasteiger partial charge in [0.1, 0.15) is 28.5 Å². The molecule has 0 radical (unpaired) electrons. The van der Waals surface area contributed by atoms with Crippen LogP contribution in [0.15, 0.2) is 12.1 Å². The average molecular weight is 576 g/mol. The highest BCUT2D eigenvalue weighted by Gasteiger charge is 2.50. The first-order valence-electron chi connectivity index (χ1n) is 15.9. The number of nitrogens with zero attached hydrogens (tertiary/aromatic N) is 3. The molecule has 1 saturated carbocycles. The number of rotatable bonds is 8. The molecule has 41 heavy (non-hydrogen) atoms. The van der Waals surface area contributed by atoms with Gasteiger partial charge in [0.05, 0.1) is 7.11 Å². The van der Waals surface area contributed by atoms with Crippen LogP contribution < -0.4 is 4.74 Å². The Labute approximate surface area is 243 Å². The standard InChI is InChI=1S/C32H47F2N3O4/c1-3-4-10-24-22-37(21-23-8-6-5-7-9-23)31(39)41-32(24)13-17-35(18-14-32)25-11-15-36(16-12-25)30(38)29-27(33)19-26(40-2)20-28(29)34/h19-20,23-25H,3-18,21-22H2,1-2H3. The van der Waals surface area contributed by atoms with Gasteiger partial charge in [0.2, 0.25) is 0 Å². The summed E-state index contributed by atoms with van der Waals surface area (Å²) in [5.41, 5.74) is -0.898. The van der Waals surface area contributed by atoms with Crippen molar-refractivity contribution in [2.45, 2.75) is 95.6 Å². The van der Waals surface area contributed by atoms with Gasteiger partial charge < -0.3 is 19.3 Å². The molecule has 1 spiro atoms. The molecule has 9 heteroatoms. The van der Waals surface area contributed by atoms with Crippen LogP contribution in [-0.2, 0) is 4.74 Å². The van der Waals surface area contributed by atoms with Gasteiger partial charge in [-0.25, -0.2) is 13.6 Å². The number of amides is 2. The summed E-state index contributed by atoms with van der Waals surface area (Å²) in [6, 6.07) is 2.40. The van der Waals surface area contributed by atoms with E-state index < -0.39 is 23.1 Å². The third-order valence-electron chi connectivity index (χ3n) is 10.2. The summed E-state index contributed by atoms with van der Waals surface area (Å²) >= 11 is 0. The molecule has 3 heterocycles. The fourth-order valence-electron chi connectivity index (χ4n) is 7.71. The van der Waals surface area contributed by atoms with Crippen LogP contribution in [0.25, 0.3) is 0 Å². The van der Waals surface area contributed by atoms with Crippen molar-refractivity contribution in [2.75, 3.05) is 46.4 Å². The van der Waals surface area contributed by atoms with Gasteiger partial charge in [-0.1, -0.05) is 39.0 Å². The highest BCUT2D eigenvalue weighted by molar-refractivity contribution is 5.95. The molecule has 4 aliphatic rings. The molecule has 0 aromatic heterocycles. The number of benzene rings is 1. The first kappa shape index (κ1) is 30.1. The lowest BCUT2D eigenvalue weighted by Gasteiger charge is -2.52. The number of unbranched alkanes of at least 4 members (excludes halogenated alkanes) is 1. The first-order valence-corrected chi connectivity index (χ1v) is 15.9. The molecule has 1 aromatic carbocycles. The molecule has 2 amide bonds. The number of likely N-dealkylation sites (tertiary alicyclic amines) is 2. The fourth-order valence-corrected chi connectivity index (χ4v) is 7.71. The first-order chi connectivity index (χ1) is 19.8. The van der Waals surface area contributed by atoms with Gasteiger partial charge in [-0.2, -0.15) is 0 Å². The molecule has 4 fully saturated rings. The number of halogens is 2. The Hall–Kier alpha value is -2.42. The van der Waals surface area contributed by atoms with Crippen LogP contribution in [0.3, 0.4) is 0 Å². The van der Waals surface area contributed by atoms with Crippen molar-refractivity contribution in [1.82, 2.24) is 14.7 Å². The molecule has 1 aliphatic carbocycles. The number of carbonyl (C=O) groups excluding carboxylic acids is 2. The van der Waals surface area contributed by atoms with E-state index in [1.807, 2.05) is 4.90 Å². The number of ether oxygens (including phenoxy) is 2. The van der Waals surface area contributed by atoms with E-state index in [9.17, 15) is 18.4 Å². The van der Waals surface area contributed by atoms with Gasteiger partial charge in [0, 0.05) is 76.2 Å². The molecule has 228 valence electrons. The number of carbonyl (C=O) groups is 2. The van der Waals surface area contributed by atoms with Crippen LogP contribution in [0.2, 0.25) is 0 Å². The lowest BCUT2D eigenvalue weighted by molar-refractivity contribution is -0.127. The minimum Gasteiger partial charge on any atom is -0.497 e. The maximum Gasteiger partial charge on any atom is 0.410 e. The topological polar surface area (TPSA) is 62.3 Å². The number of piperidine rings is 2. The second-order valence-corrected chi connectivity index (χ2v) is 12.7. The molecule has 7 nitrogen and oxygen atoms in total. The van der Waals surface area contributed by atoms with Crippen LogP contribution in [0.5, 0.6) is 5.75 Å². The van der Waals surface area contributed by atoms with E-state index in [1.54, 1.807) is 4.90 Å². The Kier molecular flexibility index (Phi) is 9.72. The minimum atomic E-state index is -0.896. The van der Waals surface area contributed by atoms with Crippen molar-refractivity contribution in [2.24, 2.45) is 11.8 Å². The van der Waals surface area contributed by atoms with Crippen molar-refractivity contribution >= 4 is 12.0 Å². The number of hydrogen-bond donors (Lipinski definition) is 0. The van der Waals surface area contributed by atoms with E-state index in [-0.39, 0.29) is 17.4 Å². The molecule has 3 aliphatic heterocycles. The van der Waals surface area contributed by atoms with Gasteiger partial charge in [0.15, 0.2) is 0 Å². The van der Waals surface area contributed by atoms with Gasteiger partial charge in [-0.3, -0.25) is 9.69 Å². The monoisotopic (exact) mass is 575 g/mol. The maximum absolute atomic E-state index is 14.5. The summed E-state index contributed by atoms with van der Waals surface area (Å²) < 4.78 is 40.3. The van der Waals surface area contributed by atoms with E-state index in [0.717, 1.165) is 83.3 Å². The Morgan fingerprint density at radius 3 is 2.29 bits per heavy atom. The number of hydrogen-bond acceptors (Lipinski definition) is 5. The Bertz CT molecular complexity index is 1040. The van der Waals surface area contributed by atoms with Crippen molar-refractivity contribution in [3.8, 4) is 5.75 Å². The third-order valence-corrected chi connectivity index (χ3v) is 10.2. The minimum absolute atomic E-state index is 0.0515. The highest BCUT2D eigenvalue weighted by atomic mass is 19.1. The largest absolute Gasteiger partial charge is 0.497 e. The van der Waals surface area contributed by atoms with Crippen molar-refractivity contribution in [1.29, 1.82) is 0 Å². The van der Waals surface area contributed by atoms with Crippen LogP contribution in [0.4, 0.5) is 13.6 Å². The lowest BCUT2D eigenvalue weighted by atomic mass is 9.75. The van der Waals surface area contributed by atoms with Crippen LogP contribution >= 0.6 is 0 Å². The van der Waals surface area contributed by atoms with E-state index in [4.69, 9.17) is 9.47 Å². The summed E-state index contributed by atoms with van der Waals surface area (Å²) in [6.07, 6.45) is 12.7. The molecule has 1 aromatic rings. The van der Waals surface area contributed by atoms with Gasteiger partial charge in [-0.15, -0.1) is 0 Å². The molecule has 1 atom stereocenters. The molecular weight excluding hydrogens is 528 g/mol. The zero-order valence-electron chi connectivity index (χ0n) is 24.8. The van der Waals surface area contributed by atoms with Gasteiger partial charge in [0.25, 0.3) is 5.91 Å². The van der Waals surface area contributed by atoms with Crippen LogP contribution in [-0.4, -0.2) is 84.7 Å². The average Bonchev–Trinajstić information content (AvgIpc) is 2.98. The van der Waals surface area contributed by atoms with Crippen LogP contribution in [0, 0.1) is 23.5 Å². The fraction of sp³-hybridized carbons (Fsp3) is 0.750. The normalized spacial score (nSPS) is 24.5. The zero-order chi connectivity index (χ0) is 29.0. The van der Waals surface area contributed by atoms with Crippen molar-refractivity contribution in [3.63, 3.8) is 0 Å². The SMILES string of the molecule is CCCCC1CN(CC2CCCCC2)C(=O)OC12CCN(C1CCN(C(=O)c3c(F)cc(OC)cc3F)CC1)CC2. The second-order valence-electron chi connectivity index (χ2n) is 12.7. The van der Waals surface area contributed by atoms with Gasteiger partial charge in [-0.05, 0) is 38.0 Å². The predicted octanol–water partition coefficient (Wildman–Crippen LogP) is 6.25. The smallest absolute Gasteiger partial charge is 0.410 e. The van der Waals surface area contributed by atoms with Gasteiger partial charge >= 0.3 is 6.09 Å². The second kappa shape index (κ2) is 13.3. The quantitative estimate of drug-likeness (QED) is 0.367. The van der Waals surface area contributed by atoms with E-state index in [0.29, 0.717) is 31.0 Å². The number of methoxy groups -OCH3 is 1. The van der Waals surface area contributed by atoms with E-state index in [1.165, 1.54) is 39.2 Å². The summed E-state index contributed by atoms with van der Waals surface area (Å²) in [7, 11) is 1.33. The molecular formula is C32H47F2N3O4. The summed E-state index contributed by atoms with van der Waals surface area (Å²) in [5.74, 6) is -1.38. The Morgan fingerprint density at radius 1 is 1.02 bits per heavy atom. The molecule has 0 N–H and O–H groups in total. The maximum atomic E-state index is 14.5. The Balaban J connectivity index is 1.16. The van der Waals surface area contributed by atoms with E-state index in [2.05, 4.69) is 11.8 Å². The third kappa shape index (κ3) is 6.65. The zero-order valence-corrected chi connectivity index (χ0v) is 24.8. The predicted molar refractivity (Wildman–Crippen MR) is 153 cm³/mol. The molecule has 0 bridgehead atoms. The van der Waals surface area contributed by atoms with Crippen molar-refractivity contribution in [3.05, 3.63) is 29.3 Å². The van der Waals surface area contributed by atoms with Crippen molar-refractivity contribution < 1.29 is 27.8 Å². The Morgan fingerprint density at radius 2 is 1.68 bits per heavy atom. The molecule has 5 rings (SSSR count). The molecule has 1 unspecified atom stereocenters. The van der Waals surface area contributed by atoms with Crippen LogP contribution in [0.1, 0.15) is 94.3 Å². The van der Waals surface area contributed by atoms with E-state index >= 15 is 0 Å². The summed E-state index contributed by atoms with van der Waals surface area (Å²) in [4.78, 5) is 32.2.